The molecular formula is C11H16N2. The summed E-state index contributed by atoms with van der Waals surface area (Å²) in [5.41, 5.74) is 1.47. The summed E-state index contributed by atoms with van der Waals surface area (Å²) in [7, 11) is 0. The highest BCUT2D eigenvalue weighted by Gasteiger charge is 2.29. The Balaban J connectivity index is 2.23. The molecule has 1 saturated heterocycles. The van der Waals surface area contributed by atoms with Crippen LogP contribution in [0.5, 0.6) is 0 Å². The van der Waals surface area contributed by atoms with Crippen molar-refractivity contribution in [1.29, 1.82) is 0 Å². The van der Waals surface area contributed by atoms with E-state index >= 15 is 0 Å². The fraction of sp³-hybridized carbons (Fsp3) is 0.545. The first kappa shape index (κ1) is 8.70. The molecule has 2 rings (SSSR count). The minimum Gasteiger partial charge on any atom is -0.316 e. The first-order valence-corrected chi connectivity index (χ1v) is 4.93. The van der Waals surface area contributed by atoms with Gasteiger partial charge < -0.3 is 5.32 Å². The third-order valence-corrected chi connectivity index (χ3v) is 2.88. The van der Waals surface area contributed by atoms with E-state index < -0.39 is 0 Å². The van der Waals surface area contributed by atoms with Crippen LogP contribution in [0.1, 0.15) is 25.5 Å². The molecule has 0 amide bonds. The Morgan fingerprint density at radius 1 is 1.46 bits per heavy atom. The third kappa shape index (κ3) is 1.73. The van der Waals surface area contributed by atoms with Crippen molar-refractivity contribution in [3.63, 3.8) is 0 Å². The molecule has 1 aromatic rings. The average Bonchev–Trinajstić information content (AvgIpc) is 2.20. The number of nitrogens with zero attached hydrogens (tertiary/aromatic N) is 1. The molecule has 13 heavy (non-hydrogen) atoms. The summed E-state index contributed by atoms with van der Waals surface area (Å²) in [6, 6.07) is 6.18. The van der Waals surface area contributed by atoms with E-state index in [0.717, 1.165) is 13.1 Å². The normalized spacial score (nSPS) is 28.7. The first-order valence-electron chi connectivity index (χ1n) is 4.93. The van der Waals surface area contributed by atoms with Crippen LogP contribution in [0.15, 0.2) is 24.4 Å². The molecule has 0 bridgehead atoms. The zero-order chi connectivity index (χ0) is 9.15. The van der Waals surface area contributed by atoms with Gasteiger partial charge in [0.2, 0.25) is 0 Å². The van der Waals surface area contributed by atoms with Crippen LogP contribution >= 0.6 is 0 Å². The third-order valence-electron chi connectivity index (χ3n) is 2.88. The van der Waals surface area contributed by atoms with Crippen molar-refractivity contribution in [3.8, 4) is 0 Å². The molecular weight excluding hydrogens is 160 g/mol. The Hall–Kier alpha value is -0.890. The summed E-state index contributed by atoms with van der Waals surface area (Å²) in [5.74, 6) is 0. The van der Waals surface area contributed by atoms with E-state index in [0.29, 0.717) is 0 Å². The second-order valence-electron chi connectivity index (χ2n) is 4.06. The molecule has 1 N–H and O–H groups in total. The van der Waals surface area contributed by atoms with Gasteiger partial charge >= 0.3 is 0 Å². The molecule has 70 valence electrons. The Labute approximate surface area is 79.4 Å². The largest absolute Gasteiger partial charge is 0.316 e. The van der Waals surface area contributed by atoms with Gasteiger partial charge in [-0.1, -0.05) is 13.0 Å². The van der Waals surface area contributed by atoms with Crippen molar-refractivity contribution in [2.24, 2.45) is 0 Å². The summed E-state index contributed by atoms with van der Waals surface area (Å²) >= 11 is 0. The molecule has 1 atom stereocenters. The summed E-state index contributed by atoms with van der Waals surface area (Å²) in [6.07, 6.45) is 4.39. The summed E-state index contributed by atoms with van der Waals surface area (Å²) < 4.78 is 0. The number of aromatic nitrogens is 1. The SMILES string of the molecule is CC1(c2ccccn2)CCCNC1. The van der Waals surface area contributed by atoms with E-state index in [1.165, 1.54) is 18.5 Å². The van der Waals surface area contributed by atoms with Gasteiger partial charge in [0.15, 0.2) is 0 Å². The fourth-order valence-corrected chi connectivity index (χ4v) is 1.99. The standard InChI is InChI=1S/C11H16N2/c1-11(6-4-7-12-9-11)10-5-2-3-8-13-10/h2-3,5,8,12H,4,6-7,9H2,1H3. The van der Waals surface area contributed by atoms with E-state index in [1.54, 1.807) is 0 Å². The van der Waals surface area contributed by atoms with Crippen LogP contribution < -0.4 is 5.32 Å². The van der Waals surface area contributed by atoms with Crippen molar-refractivity contribution >= 4 is 0 Å². The van der Waals surface area contributed by atoms with Crippen LogP contribution in [-0.2, 0) is 5.41 Å². The quantitative estimate of drug-likeness (QED) is 0.704. The maximum atomic E-state index is 4.43. The van der Waals surface area contributed by atoms with Crippen LogP contribution in [0.25, 0.3) is 0 Å². The second-order valence-corrected chi connectivity index (χ2v) is 4.06. The Bertz CT molecular complexity index is 263. The predicted octanol–water partition coefficient (Wildman–Crippen LogP) is 1.72. The van der Waals surface area contributed by atoms with Gasteiger partial charge in [-0.3, -0.25) is 4.98 Å². The van der Waals surface area contributed by atoms with E-state index in [4.69, 9.17) is 0 Å². The zero-order valence-electron chi connectivity index (χ0n) is 8.09. The van der Waals surface area contributed by atoms with Gasteiger partial charge in [-0.25, -0.2) is 0 Å². The Kier molecular flexibility index (Phi) is 2.32. The summed E-state index contributed by atoms with van der Waals surface area (Å²) in [5, 5.41) is 3.43. The molecule has 2 nitrogen and oxygen atoms in total. The van der Waals surface area contributed by atoms with Gasteiger partial charge in [-0.15, -0.1) is 0 Å². The van der Waals surface area contributed by atoms with Crippen LogP contribution in [0.4, 0.5) is 0 Å². The van der Waals surface area contributed by atoms with Crippen LogP contribution in [-0.4, -0.2) is 18.1 Å². The van der Waals surface area contributed by atoms with Crippen molar-refractivity contribution in [2.75, 3.05) is 13.1 Å². The molecule has 0 radical (unpaired) electrons. The van der Waals surface area contributed by atoms with E-state index in [-0.39, 0.29) is 5.41 Å². The molecule has 0 aromatic carbocycles. The highest BCUT2D eigenvalue weighted by Crippen LogP contribution is 2.28. The Morgan fingerprint density at radius 2 is 2.38 bits per heavy atom. The number of hydrogen-bond acceptors (Lipinski definition) is 2. The van der Waals surface area contributed by atoms with E-state index in [9.17, 15) is 0 Å². The van der Waals surface area contributed by atoms with Crippen molar-refractivity contribution in [1.82, 2.24) is 10.3 Å². The zero-order valence-corrected chi connectivity index (χ0v) is 8.09. The van der Waals surface area contributed by atoms with Crippen LogP contribution in [0, 0.1) is 0 Å². The predicted molar refractivity (Wildman–Crippen MR) is 53.7 cm³/mol. The van der Waals surface area contributed by atoms with Crippen molar-refractivity contribution in [2.45, 2.75) is 25.2 Å². The topological polar surface area (TPSA) is 24.9 Å². The van der Waals surface area contributed by atoms with Crippen LogP contribution in [0.3, 0.4) is 0 Å². The lowest BCUT2D eigenvalue weighted by Crippen LogP contribution is -2.41. The maximum absolute atomic E-state index is 4.43. The summed E-state index contributed by atoms with van der Waals surface area (Å²) in [4.78, 5) is 4.43. The molecule has 0 spiro atoms. The summed E-state index contributed by atoms with van der Waals surface area (Å²) in [6.45, 7) is 4.51. The van der Waals surface area contributed by atoms with Crippen molar-refractivity contribution < 1.29 is 0 Å². The van der Waals surface area contributed by atoms with E-state index in [2.05, 4.69) is 29.4 Å². The molecule has 0 aliphatic carbocycles. The minimum atomic E-state index is 0.250. The molecule has 0 saturated carbocycles. The van der Waals surface area contributed by atoms with Crippen molar-refractivity contribution in [3.05, 3.63) is 30.1 Å². The monoisotopic (exact) mass is 176 g/mol. The number of nitrogens with one attached hydrogen (secondary N) is 1. The first-order chi connectivity index (χ1) is 6.31. The highest BCUT2D eigenvalue weighted by atomic mass is 14.9. The van der Waals surface area contributed by atoms with Gasteiger partial charge in [0, 0.05) is 23.9 Å². The number of rotatable bonds is 1. The Morgan fingerprint density at radius 3 is 3.00 bits per heavy atom. The number of hydrogen-bond donors (Lipinski definition) is 1. The highest BCUT2D eigenvalue weighted by molar-refractivity contribution is 5.17. The van der Waals surface area contributed by atoms with Gasteiger partial charge in [0.25, 0.3) is 0 Å². The lowest BCUT2D eigenvalue weighted by atomic mass is 9.79. The number of piperidine rings is 1. The number of pyridine rings is 1. The van der Waals surface area contributed by atoms with E-state index in [1.807, 2.05) is 12.3 Å². The van der Waals surface area contributed by atoms with Gasteiger partial charge in [0.1, 0.15) is 0 Å². The maximum Gasteiger partial charge on any atom is 0.0475 e. The molecule has 1 aliphatic rings. The second kappa shape index (κ2) is 3.46. The lowest BCUT2D eigenvalue weighted by Gasteiger charge is -2.33. The fourth-order valence-electron chi connectivity index (χ4n) is 1.99. The van der Waals surface area contributed by atoms with Gasteiger partial charge in [-0.2, -0.15) is 0 Å². The molecule has 1 aliphatic heterocycles. The smallest absolute Gasteiger partial charge is 0.0475 e. The van der Waals surface area contributed by atoms with Crippen LogP contribution in [0.2, 0.25) is 0 Å². The van der Waals surface area contributed by atoms with Gasteiger partial charge in [0.05, 0.1) is 0 Å². The van der Waals surface area contributed by atoms with Gasteiger partial charge in [-0.05, 0) is 31.5 Å². The lowest BCUT2D eigenvalue weighted by molar-refractivity contribution is 0.332. The molecule has 2 heterocycles. The molecule has 2 heteroatoms. The molecule has 1 fully saturated rings. The molecule has 1 aromatic heterocycles. The molecule has 1 unspecified atom stereocenters. The average molecular weight is 176 g/mol. The minimum absolute atomic E-state index is 0.250.